The SMILES string of the molecule is O=C1c2ccccc2C2=CC3CCC4C(=O)C5C=CC=CC5C5=Cc6ccc1c2c6C3C54. The molecule has 0 radical (unpaired) electrons. The molecule has 2 heteroatoms. The van der Waals surface area contributed by atoms with Crippen LogP contribution in [-0.4, -0.2) is 11.6 Å². The Hall–Kier alpha value is -3.26. The van der Waals surface area contributed by atoms with E-state index < -0.39 is 0 Å². The second-order valence-electron chi connectivity index (χ2n) is 10.2. The first kappa shape index (κ1) is 17.3. The van der Waals surface area contributed by atoms with Gasteiger partial charge in [-0.25, -0.2) is 0 Å². The molecule has 0 heterocycles. The molecule has 2 aromatic rings. The molecule has 6 unspecified atom stereocenters. The maximum atomic E-state index is 13.6. The van der Waals surface area contributed by atoms with Crippen molar-refractivity contribution in [1.82, 2.24) is 0 Å². The lowest BCUT2D eigenvalue weighted by molar-refractivity contribution is -0.131. The lowest BCUT2D eigenvalue weighted by atomic mass is 9.48. The van der Waals surface area contributed by atoms with Crippen LogP contribution in [0.4, 0.5) is 0 Å². The van der Waals surface area contributed by atoms with Crippen LogP contribution in [0.15, 0.2) is 72.4 Å². The molecule has 32 heavy (non-hydrogen) atoms. The average molecular weight is 415 g/mol. The van der Waals surface area contributed by atoms with E-state index in [4.69, 9.17) is 0 Å². The van der Waals surface area contributed by atoms with Crippen molar-refractivity contribution >= 4 is 23.2 Å². The third-order valence-corrected chi connectivity index (χ3v) is 8.98. The molecule has 0 spiro atoms. The van der Waals surface area contributed by atoms with Gasteiger partial charge in [-0.1, -0.05) is 72.4 Å². The maximum absolute atomic E-state index is 13.6. The fourth-order valence-electron chi connectivity index (χ4n) is 7.81. The molecule has 0 amide bonds. The van der Waals surface area contributed by atoms with Gasteiger partial charge in [-0.15, -0.1) is 0 Å². The van der Waals surface area contributed by atoms with Crippen molar-refractivity contribution in [3.8, 4) is 0 Å². The number of allylic oxidation sites excluding steroid dienone is 6. The lowest BCUT2D eigenvalue weighted by Crippen LogP contribution is -2.49. The van der Waals surface area contributed by atoms with Crippen LogP contribution in [-0.2, 0) is 4.79 Å². The molecule has 2 fully saturated rings. The van der Waals surface area contributed by atoms with Crippen molar-refractivity contribution in [1.29, 1.82) is 0 Å². The van der Waals surface area contributed by atoms with Crippen LogP contribution < -0.4 is 0 Å². The highest BCUT2D eigenvalue weighted by molar-refractivity contribution is 6.19. The first-order valence-corrected chi connectivity index (χ1v) is 11.9. The first-order chi connectivity index (χ1) is 15.7. The minimum absolute atomic E-state index is 0.00799. The van der Waals surface area contributed by atoms with Gasteiger partial charge in [0, 0.05) is 28.9 Å². The smallest absolute Gasteiger partial charge is 0.194 e. The number of carbonyl (C=O) groups is 2. The van der Waals surface area contributed by atoms with Crippen LogP contribution >= 0.6 is 0 Å². The Morgan fingerprint density at radius 3 is 2.47 bits per heavy atom. The summed E-state index contributed by atoms with van der Waals surface area (Å²) in [6.45, 7) is 0. The molecular weight excluding hydrogens is 392 g/mol. The second kappa shape index (κ2) is 5.75. The Bertz CT molecular complexity index is 1400. The molecule has 0 aromatic heterocycles. The Morgan fingerprint density at radius 2 is 1.59 bits per heavy atom. The number of rotatable bonds is 0. The zero-order valence-corrected chi connectivity index (χ0v) is 17.6. The number of ketones is 2. The standard InChI is InChI=1S/C30H22O2/c31-29-19-7-3-1-5-17(19)23-13-15-9-12-22-28-24(18-6-2-4-8-20(18)30(22)32)14-16-10-11-21(29)27(23)25(16)26(15)28/h1-9,12-14,16-17,19,21,25,27H,10-11H2. The maximum Gasteiger partial charge on any atom is 0.194 e. The van der Waals surface area contributed by atoms with E-state index in [1.807, 2.05) is 30.3 Å². The number of Topliss-reactive ketones (excluding diaryl/α,β-unsaturated/α-hetero) is 1. The molecule has 0 aliphatic heterocycles. The van der Waals surface area contributed by atoms with Gasteiger partial charge in [-0.3, -0.25) is 9.59 Å². The van der Waals surface area contributed by atoms with E-state index in [2.05, 4.69) is 42.5 Å². The molecule has 6 aliphatic carbocycles. The van der Waals surface area contributed by atoms with Gasteiger partial charge in [0.25, 0.3) is 0 Å². The molecule has 154 valence electrons. The molecule has 6 aliphatic rings. The van der Waals surface area contributed by atoms with Gasteiger partial charge in [0.2, 0.25) is 0 Å². The number of carbonyl (C=O) groups excluding carboxylic acids is 2. The second-order valence-corrected chi connectivity index (χ2v) is 10.2. The van der Waals surface area contributed by atoms with Gasteiger partial charge in [-0.2, -0.15) is 0 Å². The average Bonchev–Trinajstić information content (AvgIpc) is 2.85. The van der Waals surface area contributed by atoms with Crippen LogP contribution in [0.25, 0.3) is 11.6 Å². The molecule has 2 nitrogen and oxygen atoms in total. The van der Waals surface area contributed by atoms with E-state index in [9.17, 15) is 9.59 Å². The number of hydrogen-bond acceptors (Lipinski definition) is 2. The molecule has 0 bridgehead atoms. The summed E-state index contributed by atoms with van der Waals surface area (Å²) in [6.07, 6.45) is 15.4. The summed E-state index contributed by atoms with van der Waals surface area (Å²) >= 11 is 0. The third kappa shape index (κ3) is 1.89. The van der Waals surface area contributed by atoms with E-state index in [-0.39, 0.29) is 29.5 Å². The Morgan fingerprint density at radius 1 is 0.781 bits per heavy atom. The molecule has 0 saturated heterocycles. The third-order valence-electron chi connectivity index (χ3n) is 8.98. The predicted molar refractivity (Wildman–Crippen MR) is 124 cm³/mol. The summed E-state index contributed by atoms with van der Waals surface area (Å²) < 4.78 is 0. The molecule has 6 atom stereocenters. The van der Waals surface area contributed by atoms with Crippen molar-refractivity contribution < 1.29 is 9.59 Å². The van der Waals surface area contributed by atoms with Crippen LogP contribution in [0.5, 0.6) is 0 Å². The Labute approximate surface area is 187 Å². The summed E-state index contributed by atoms with van der Waals surface area (Å²) in [5, 5.41) is 0. The Balaban J connectivity index is 1.43. The van der Waals surface area contributed by atoms with Crippen LogP contribution in [0.2, 0.25) is 0 Å². The van der Waals surface area contributed by atoms with Gasteiger partial charge in [-0.05, 0) is 64.5 Å². The van der Waals surface area contributed by atoms with Gasteiger partial charge >= 0.3 is 0 Å². The summed E-state index contributed by atoms with van der Waals surface area (Å²) in [7, 11) is 0. The highest BCUT2D eigenvalue weighted by atomic mass is 16.1. The van der Waals surface area contributed by atoms with Gasteiger partial charge in [0.1, 0.15) is 5.78 Å². The van der Waals surface area contributed by atoms with Crippen LogP contribution in [0, 0.1) is 29.6 Å². The topological polar surface area (TPSA) is 34.1 Å². The molecule has 2 saturated carbocycles. The fourth-order valence-corrected chi connectivity index (χ4v) is 7.81. The fraction of sp³-hybridized carbons (Fsp3) is 0.267. The first-order valence-electron chi connectivity index (χ1n) is 11.9. The van der Waals surface area contributed by atoms with Crippen molar-refractivity contribution in [2.45, 2.75) is 18.8 Å². The normalized spacial score (nSPS) is 34.2. The zero-order chi connectivity index (χ0) is 21.1. The largest absolute Gasteiger partial charge is 0.299 e. The zero-order valence-electron chi connectivity index (χ0n) is 17.6. The minimum Gasteiger partial charge on any atom is -0.299 e. The van der Waals surface area contributed by atoms with Crippen molar-refractivity contribution in [2.75, 3.05) is 0 Å². The van der Waals surface area contributed by atoms with Crippen molar-refractivity contribution in [3.63, 3.8) is 0 Å². The molecule has 2 aromatic carbocycles. The van der Waals surface area contributed by atoms with Gasteiger partial charge < -0.3 is 0 Å². The number of hydrogen-bond donors (Lipinski definition) is 0. The summed E-state index contributed by atoms with van der Waals surface area (Å²) in [4.78, 5) is 27.0. The lowest BCUT2D eigenvalue weighted by Gasteiger charge is -2.54. The summed E-state index contributed by atoms with van der Waals surface area (Å²) in [5.74, 6) is 1.84. The highest BCUT2D eigenvalue weighted by Gasteiger charge is 2.55. The van der Waals surface area contributed by atoms with Crippen LogP contribution in [0.1, 0.15) is 56.9 Å². The predicted octanol–water partition coefficient (Wildman–Crippen LogP) is 5.74. The minimum atomic E-state index is -0.00799. The monoisotopic (exact) mass is 414 g/mol. The van der Waals surface area contributed by atoms with E-state index in [0.29, 0.717) is 17.6 Å². The van der Waals surface area contributed by atoms with Crippen molar-refractivity contribution in [3.05, 3.63) is 106 Å². The Kier molecular flexibility index (Phi) is 3.11. The summed E-state index contributed by atoms with van der Waals surface area (Å²) in [6, 6.07) is 12.3. The van der Waals surface area contributed by atoms with E-state index in [0.717, 1.165) is 35.1 Å². The van der Waals surface area contributed by atoms with Crippen LogP contribution in [0.3, 0.4) is 0 Å². The molecule has 0 N–H and O–H groups in total. The van der Waals surface area contributed by atoms with Gasteiger partial charge in [0.05, 0.1) is 0 Å². The van der Waals surface area contributed by atoms with E-state index >= 15 is 0 Å². The van der Waals surface area contributed by atoms with E-state index in [1.165, 1.54) is 22.3 Å². The molecular formula is C30H22O2. The highest BCUT2D eigenvalue weighted by Crippen LogP contribution is 2.62. The molecule has 8 rings (SSSR count). The number of benzene rings is 2. The number of fused-ring (bicyclic) bond motifs is 4. The summed E-state index contributed by atoms with van der Waals surface area (Å²) in [5.41, 5.74) is 9.18. The van der Waals surface area contributed by atoms with Gasteiger partial charge in [0.15, 0.2) is 5.78 Å². The van der Waals surface area contributed by atoms with E-state index in [1.54, 1.807) is 0 Å². The van der Waals surface area contributed by atoms with Crippen molar-refractivity contribution in [2.24, 2.45) is 29.6 Å². The quantitative estimate of drug-likeness (QED) is 0.470.